The Morgan fingerprint density at radius 3 is 2.68 bits per heavy atom. The molecule has 2 aromatic carbocycles. The van der Waals surface area contributed by atoms with Crippen LogP contribution in [0.3, 0.4) is 0 Å². The Kier molecular flexibility index (Phi) is 5.86. The quantitative estimate of drug-likeness (QED) is 0.765. The minimum atomic E-state index is -0.0874. The van der Waals surface area contributed by atoms with E-state index in [0.717, 1.165) is 38.0 Å². The minimum absolute atomic E-state index is 0.0874. The zero-order valence-corrected chi connectivity index (χ0v) is 17.0. The normalized spacial score (nSPS) is 19.9. The first-order chi connectivity index (χ1) is 13.6. The molecule has 0 amide bonds. The maximum absolute atomic E-state index is 14.2. The van der Waals surface area contributed by atoms with E-state index in [4.69, 9.17) is 0 Å². The predicted octanol–water partition coefficient (Wildman–Crippen LogP) is 4.62. The third-order valence-corrected chi connectivity index (χ3v) is 6.19. The van der Waals surface area contributed by atoms with Gasteiger partial charge in [0.25, 0.3) is 0 Å². The van der Waals surface area contributed by atoms with Crippen molar-refractivity contribution in [1.29, 1.82) is 0 Å². The molecule has 1 atom stereocenters. The Morgan fingerprint density at radius 1 is 1.14 bits per heavy atom. The van der Waals surface area contributed by atoms with Crippen LogP contribution in [-0.4, -0.2) is 31.7 Å². The van der Waals surface area contributed by atoms with Crippen LogP contribution in [0.5, 0.6) is 0 Å². The van der Waals surface area contributed by atoms with Crippen molar-refractivity contribution >= 4 is 11.4 Å². The molecule has 1 fully saturated rings. The van der Waals surface area contributed by atoms with Crippen LogP contribution in [0, 0.1) is 11.7 Å². The van der Waals surface area contributed by atoms with Crippen LogP contribution < -0.4 is 15.5 Å². The van der Waals surface area contributed by atoms with E-state index >= 15 is 0 Å². The number of benzene rings is 2. The number of hydrogen-bond acceptors (Lipinski definition) is 3. The van der Waals surface area contributed by atoms with Gasteiger partial charge in [0.05, 0.1) is 0 Å². The third kappa shape index (κ3) is 4.17. The molecule has 2 aliphatic rings. The van der Waals surface area contributed by atoms with Crippen molar-refractivity contribution in [1.82, 2.24) is 5.32 Å². The molecule has 3 nitrogen and oxygen atoms in total. The van der Waals surface area contributed by atoms with Crippen LogP contribution in [0.25, 0.3) is 0 Å². The number of rotatable bonds is 6. The van der Waals surface area contributed by atoms with Gasteiger partial charge in [-0.05, 0) is 87.9 Å². The molecule has 4 heteroatoms. The SMILES string of the molecule is CC(C)Nc1ccc2c(c1)N(CCc1ccccc1F)C(C1CCNCC1)C2. The second-order valence-corrected chi connectivity index (χ2v) is 8.54. The van der Waals surface area contributed by atoms with E-state index < -0.39 is 0 Å². The first-order valence-corrected chi connectivity index (χ1v) is 10.7. The van der Waals surface area contributed by atoms with E-state index in [1.807, 2.05) is 12.1 Å². The van der Waals surface area contributed by atoms with Crippen LogP contribution in [0.4, 0.5) is 15.8 Å². The topological polar surface area (TPSA) is 27.3 Å². The average Bonchev–Trinajstić information content (AvgIpc) is 3.05. The van der Waals surface area contributed by atoms with Crippen molar-refractivity contribution in [2.75, 3.05) is 29.9 Å². The number of nitrogens with zero attached hydrogens (tertiary/aromatic N) is 1. The number of halogens is 1. The maximum atomic E-state index is 14.2. The van der Waals surface area contributed by atoms with E-state index in [2.05, 4.69) is 47.6 Å². The molecule has 0 aromatic heterocycles. The first kappa shape index (κ1) is 19.3. The summed E-state index contributed by atoms with van der Waals surface area (Å²) < 4.78 is 14.2. The maximum Gasteiger partial charge on any atom is 0.126 e. The van der Waals surface area contributed by atoms with E-state index in [1.165, 1.54) is 29.8 Å². The van der Waals surface area contributed by atoms with Crippen molar-refractivity contribution in [3.8, 4) is 0 Å². The van der Waals surface area contributed by atoms with Crippen LogP contribution in [-0.2, 0) is 12.8 Å². The van der Waals surface area contributed by atoms with Gasteiger partial charge < -0.3 is 15.5 Å². The second-order valence-electron chi connectivity index (χ2n) is 8.54. The molecule has 0 radical (unpaired) electrons. The summed E-state index contributed by atoms with van der Waals surface area (Å²) in [6.07, 6.45) is 4.31. The Morgan fingerprint density at radius 2 is 1.93 bits per heavy atom. The summed E-state index contributed by atoms with van der Waals surface area (Å²) in [7, 11) is 0. The Labute approximate surface area is 168 Å². The van der Waals surface area contributed by atoms with E-state index in [0.29, 0.717) is 18.0 Å². The summed E-state index contributed by atoms with van der Waals surface area (Å²) in [4.78, 5) is 2.57. The molecule has 1 unspecified atom stereocenters. The zero-order valence-electron chi connectivity index (χ0n) is 17.0. The van der Waals surface area contributed by atoms with Crippen LogP contribution in [0.15, 0.2) is 42.5 Å². The smallest absolute Gasteiger partial charge is 0.126 e. The Balaban J connectivity index is 1.59. The number of hydrogen-bond donors (Lipinski definition) is 2. The van der Waals surface area contributed by atoms with Crippen molar-refractivity contribution < 1.29 is 4.39 Å². The summed E-state index contributed by atoms with van der Waals surface area (Å²) in [5.74, 6) is 0.617. The van der Waals surface area contributed by atoms with Gasteiger partial charge in [-0.15, -0.1) is 0 Å². The monoisotopic (exact) mass is 381 g/mol. The number of fused-ring (bicyclic) bond motifs is 1. The molecule has 2 N–H and O–H groups in total. The molecule has 0 bridgehead atoms. The Hall–Kier alpha value is -2.07. The summed E-state index contributed by atoms with van der Waals surface area (Å²) in [5, 5.41) is 7.03. The highest BCUT2D eigenvalue weighted by molar-refractivity contribution is 5.67. The summed E-state index contributed by atoms with van der Waals surface area (Å²) in [5.41, 5.74) is 4.77. The van der Waals surface area contributed by atoms with Gasteiger partial charge in [0.1, 0.15) is 5.82 Å². The fourth-order valence-corrected chi connectivity index (χ4v) is 4.82. The van der Waals surface area contributed by atoms with Crippen LogP contribution in [0.1, 0.15) is 37.8 Å². The molecular formula is C24H32FN3. The molecule has 28 heavy (non-hydrogen) atoms. The highest BCUT2D eigenvalue weighted by Gasteiger charge is 2.35. The summed E-state index contributed by atoms with van der Waals surface area (Å²) in [6, 6.07) is 14.9. The van der Waals surface area contributed by atoms with Gasteiger partial charge in [-0.25, -0.2) is 4.39 Å². The molecule has 1 saturated heterocycles. The molecule has 0 spiro atoms. The molecular weight excluding hydrogens is 349 g/mol. The standard InChI is InChI=1S/C24H32FN3/c1-17(2)27-21-8-7-20-15-23(19-9-12-26-13-10-19)28(24(20)16-21)14-11-18-5-3-4-6-22(18)25/h3-8,16-17,19,23,26-27H,9-15H2,1-2H3. The van der Waals surface area contributed by atoms with E-state index in [1.54, 1.807) is 12.1 Å². The van der Waals surface area contributed by atoms with Gasteiger partial charge in [0, 0.05) is 30.0 Å². The van der Waals surface area contributed by atoms with Gasteiger partial charge in [-0.2, -0.15) is 0 Å². The molecule has 2 heterocycles. The largest absolute Gasteiger partial charge is 0.383 e. The molecule has 2 aromatic rings. The highest BCUT2D eigenvalue weighted by atomic mass is 19.1. The molecule has 0 saturated carbocycles. The molecule has 150 valence electrons. The Bertz CT molecular complexity index is 798. The summed E-state index contributed by atoms with van der Waals surface area (Å²) >= 11 is 0. The zero-order chi connectivity index (χ0) is 19.5. The van der Waals surface area contributed by atoms with Gasteiger partial charge >= 0.3 is 0 Å². The number of anilines is 2. The molecule has 0 aliphatic carbocycles. The van der Waals surface area contributed by atoms with Crippen molar-refractivity contribution in [2.24, 2.45) is 5.92 Å². The molecule has 2 aliphatic heterocycles. The number of nitrogens with one attached hydrogen (secondary N) is 2. The number of piperidine rings is 1. The fourth-order valence-electron chi connectivity index (χ4n) is 4.82. The lowest BCUT2D eigenvalue weighted by atomic mass is 9.88. The molecule has 4 rings (SSSR count). The predicted molar refractivity (Wildman–Crippen MR) is 116 cm³/mol. The van der Waals surface area contributed by atoms with Gasteiger partial charge in [-0.1, -0.05) is 24.3 Å². The van der Waals surface area contributed by atoms with Crippen molar-refractivity contribution in [2.45, 2.75) is 51.6 Å². The van der Waals surface area contributed by atoms with Crippen LogP contribution in [0.2, 0.25) is 0 Å². The van der Waals surface area contributed by atoms with Gasteiger partial charge in [-0.3, -0.25) is 0 Å². The minimum Gasteiger partial charge on any atom is -0.383 e. The van der Waals surface area contributed by atoms with Gasteiger partial charge in [0.2, 0.25) is 0 Å². The van der Waals surface area contributed by atoms with Gasteiger partial charge in [0.15, 0.2) is 0 Å². The van der Waals surface area contributed by atoms with E-state index in [-0.39, 0.29) is 5.82 Å². The van der Waals surface area contributed by atoms with Crippen molar-refractivity contribution in [3.05, 3.63) is 59.4 Å². The highest BCUT2D eigenvalue weighted by Crippen LogP contribution is 2.39. The third-order valence-electron chi connectivity index (χ3n) is 6.19. The lowest BCUT2D eigenvalue weighted by Crippen LogP contribution is -2.43. The lowest BCUT2D eigenvalue weighted by Gasteiger charge is -2.36. The summed E-state index contributed by atoms with van der Waals surface area (Å²) in [6.45, 7) is 7.42. The van der Waals surface area contributed by atoms with Crippen molar-refractivity contribution in [3.63, 3.8) is 0 Å². The fraction of sp³-hybridized carbons (Fsp3) is 0.500. The van der Waals surface area contributed by atoms with Crippen LogP contribution >= 0.6 is 0 Å². The second kappa shape index (κ2) is 8.52. The lowest BCUT2D eigenvalue weighted by molar-refractivity contribution is 0.312. The average molecular weight is 382 g/mol. The first-order valence-electron chi connectivity index (χ1n) is 10.7. The van der Waals surface area contributed by atoms with E-state index in [9.17, 15) is 4.39 Å².